The SMILES string of the molecule is Nc1nc(SCC(=O)Nc2ccc(Cl)cc2)nc2sc3c(c12)C[C@H](c1ccccc1)S[C@H]3c1ccccc1. The molecule has 3 N–H and O–H groups in total. The molecule has 0 saturated heterocycles. The summed E-state index contributed by atoms with van der Waals surface area (Å²) in [6.45, 7) is 0. The third-order valence-corrected chi connectivity index (χ3v) is 10.3. The fourth-order valence-electron chi connectivity index (χ4n) is 4.60. The number of anilines is 2. The summed E-state index contributed by atoms with van der Waals surface area (Å²) in [4.78, 5) is 24.1. The number of carbonyl (C=O) groups excluding carboxylic acids is 1. The largest absolute Gasteiger partial charge is 0.383 e. The second-order valence-corrected chi connectivity index (χ2v) is 12.6. The van der Waals surface area contributed by atoms with Gasteiger partial charge in [-0.25, -0.2) is 9.97 Å². The van der Waals surface area contributed by atoms with Gasteiger partial charge < -0.3 is 11.1 Å². The molecule has 38 heavy (non-hydrogen) atoms. The number of nitrogens with one attached hydrogen (secondary N) is 1. The molecule has 2 atom stereocenters. The van der Waals surface area contributed by atoms with E-state index < -0.39 is 0 Å². The highest BCUT2D eigenvalue weighted by Gasteiger charge is 2.34. The van der Waals surface area contributed by atoms with Gasteiger partial charge in [0.05, 0.1) is 16.4 Å². The average Bonchev–Trinajstić information content (AvgIpc) is 3.32. The second-order valence-electron chi connectivity index (χ2n) is 8.89. The van der Waals surface area contributed by atoms with E-state index >= 15 is 0 Å². The standard InChI is InChI=1S/C29H23ClN4OS3/c30-19-11-13-20(14-12-19)32-23(35)16-36-29-33-27(31)24-21-15-22(17-7-3-1-4-8-17)37-25(18-9-5-2-6-10-18)26(21)38-28(24)34-29/h1-14,22,25H,15-16H2,(H,32,35)(H2,31,33,34)/t22-,25+/m1/s1. The number of nitrogen functional groups attached to an aromatic ring is 1. The van der Waals surface area contributed by atoms with Crippen LogP contribution in [0, 0.1) is 0 Å². The summed E-state index contributed by atoms with van der Waals surface area (Å²) in [5.74, 6) is 0.506. The molecule has 0 saturated carbocycles. The number of benzene rings is 3. The molecule has 0 spiro atoms. The predicted molar refractivity (Wildman–Crippen MR) is 161 cm³/mol. The van der Waals surface area contributed by atoms with E-state index in [0.717, 1.165) is 16.6 Å². The average molecular weight is 575 g/mol. The Bertz CT molecular complexity index is 1590. The van der Waals surface area contributed by atoms with E-state index in [-0.39, 0.29) is 16.9 Å². The first-order valence-corrected chi connectivity index (χ1v) is 15.2. The first-order valence-electron chi connectivity index (χ1n) is 12.1. The fraction of sp³-hybridized carbons (Fsp3) is 0.138. The molecular weight excluding hydrogens is 552 g/mol. The fourth-order valence-corrected chi connectivity index (χ4v) is 8.46. The van der Waals surface area contributed by atoms with Crippen molar-refractivity contribution in [1.82, 2.24) is 9.97 Å². The Hall–Kier alpha value is -3.04. The lowest BCUT2D eigenvalue weighted by molar-refractivity contribution is -0.113. The van der Waals surface area contributed by atoms with Crippen LogP contribution in [0.4, 0.5) is 11.5 Å². The summed E-state index contributed by atoms with van der Waals surface area (Å²) in [5, 5.41) is 5.43. The van der Waals surface area contributed by atoms with E-state index in [9.17, 15) is 4.79 Å². The lowest BCUT2D eigenvalue weighted by atomic mass is 9.98. The van der Waals surface area contributed by atoms with Gasteiger partial charge in [-0.1, -0.05) is 84.0 Å². The number of carbonyl (C=O) groups is 1. The summed E-state index contributed by atoms with van der Waals surface area (Å²) < 4.78 is 0. The lowest BCUT2D eigenvalue weighted by Crippen LogP contribution is -2.14. The highest BCUT2D eigenvalue weighted by atomic mass is 35.5. The molecule has 3 aromatic carbocycles. The quantitative estimate of drug-likeness (QED) is 0.159. The van der Waals surface area contributed by atoms with Gasteiger partial charge in [0.2, 0.25) is 5.91 Å². The number of fused-ring (bicyclic) bond motifs is 3. The summed E-state index contributed by atoms with van der Waals surface area (Å²) in [5.41, 5.74) is 11.1. The van der Waals surface area contributed by atoms with Crippen molar-refractivity contribution in [2.24, 2.45) is 0 Å². The number of rotatable bonds is 6. The maximum absolute atomic E-state index is 12.5. The lowest BCUT2D eigenvalue weighted by Gasteiger charge is -2.30. The number of nitrogens with zero attached hydrogens (tertiary/aromatic N) is 2. The summed E-state index contributed by atoms with van der Waals surface area (Å²) in [6.07, 6.45) is 0.872. The zero-order valence-corrected chi connectivity index (χ0v) is 23.3. The van der Waals surface area contributed by atoms with E-state index in [1.54, 1.807) is 35.6 Å². The van der Waals surface area contributed by atoms with Crippen LogP contribution in [0.25, 0.3) is 10.2 Å². The molecule has 5 nitrogen and oxygen atoms in total. The molecule has 5 aromatic rings. The zero-order chi connectivity index (χ0) is 26.1. The minimum absolute atomic E-state index is 0.142. The second kappa shape index (κ2) is 11.0. The van der Waals surface area contributed by atoms with Crippen molar-refractivity contribution < 1.29 is 4.79 Å². The van der Waals surface area contributed by atoms with Crippen molar-refractivity contribution in [1.29, 1.82) is 0 Å². The predicted octanol–water partition coefficient (Wildman–Crippen LogP) is 7.78. The Kier molecular flexibility index (Phi) is 7.30. The maximum atomic E-state index is 12.5. The van der Waals surface area contributed by atoms with Crippen LogP contribution in [0.2, 0.25) is 5.02 Å². The van der Waals surface area contributed by atoms with Crippen molar-refractivity contribution in [2.45, 2.75) is 22.1 Å². The third kappa shape index (κ3) is 5.27. The molecule has 3 heterocycles. The molecular formula is C29H23ClN4OS3. The number of hydrogen-bond donors (Lipinski definition) is 2. The van der Waals surface area contributed by atoms with Crippen molar-refractivity contribution >= 4 is 74.1 Å². The molecule has 1 aliphatic heterocycles. The molecule has 0 aliphatic carbocycles. The molecule has 0 unspecified atom stereocenters. The van der Waals surface area contributed by atoms with Gasteiger partial charge in [-0.15, -0.1) is 23.1 Å². The number of hydrogen-bond acceptors (Lipinski definition) is 7. The highest BCUT2D eigenvalue weighted by Crippen LogP contribution is 2.55. The Morgan fingerprint density at radius 3 is 2.37 bits per heavy atom. The third-order valence-electron chi connectivity index (χ3n) is 6.35. The van der Waals surface area contributed by atoms with Crippen LogP contribution in [0.3, 0.4) is 0 Å². The Morgan fingerprint density at radius 2 is 1.66 bits per heavy atom. The Balaban J connectivity index is 1.30. The molecule has 9 heteroatoms. The maximum Gasteiger partial charge on any atom is 0.234 e. The van der Waals surface area contributed by atoms with E-state index in [1.807, 2.05) is 17.8 Å². The normalized spacial score (nSPS) is 16.8. The van der Waals surface area contributed by atoms with Gasteiger partial charge in [0, 0.05) is 20.8 Å². The Labute approximate surface area is 238 Å². The van der Waals surface area contributed by atoms with Crippen molar-refractivity contribution in [3.05, 3.63) is 112 Å². The molecule has 0 bridgehead atoms. The highest BCUT2D eigenvalue weighted by molar-refractivity contribution is 8.00. The first kappa shape index (κ1) is 25.2. The van der Waals surface area contributed by atoms with Crippen LogP contribution in [-0.2, 0) is 11.2 Å². The van der Waals surface area contributed by atoms with Crippen LogP contribution in [0.5, 0.6) is 0 Å². The van der Waals surface area contributed by atoms with Crippen LogP contribution in [0.15, 0.2) is 90.1 Å². The molecule has 0 radical (unpaired) electrons. The number of amides is 1. The number of nitrogens with two attached hydrogens (primary N) is 1. The Morgan fingerprint density at radius 1 is 0.974 bits per heavy atom. The molecule has 1 aliphatic rings. The summed E-state index contributed by atoms with van der Waals surface area (Å²) in [6, 6.07) is 28.3. The minimum Gasteiger partial charge on any atom is -0.383 e. The van der Waals surface area contributed by atoms with Crippen LogP contribution >= 0.6 is 46.5 Å². The molecule has 0 fully saturated rings. The van der Waals surface area contributed by atoms with Gasteiger partial charge >= 0.3 is 0 Å². The minimum atomic E-state index is -0.142. The number of aromatic nitrogens is 2. The summed E-state index contributed by atoms with van der Waals surface area (Å²) in [7, 11) is 0. The number of thiophene rings is 1. The molecule has 6 rings (SSSR count). The topological polar surface area (TPSA) is 80.9 Å². The van der Waals surface area contributed by atoms with Gasteiger partial charge in [0.1, 0.15) is 10.6 Å². The van der Waals surface area contributed by atoms with Gasteiger partial charge in [0.15, 0.2) is 5.16 Å². The van der Waals surface area contributed by atoms with E-state index in [0.29, 0.717) is 26.9 Å². The van der Waals surface area contributed by atoms with Crippen molar-refractivity contribution in [2.75, 3.05) is 16.8 Å². The zero-order valence-electron chi connectivity index (χ0n) is 20.1. The molecule has 1 amide bonds. The first-order chi connectivity index (χ1) is 18.5. The van der Waals surface area contributed by atoms with Crippen LogP contribution in [-0.4, -0.2) is 21.6 Å². The van der Waals surface area contributed by atoms with Crippen molar-refractivity contribution in [3.63, 3.8) is 0 Å². The van der Waals surface area contributed by atoms with E-state index in [1.165, 1.54) is 33.3 Å². The molecule has 190 valence electrons. The van der Waals surface area contributed by atoms with Gasteiger partial charge in [-0.3, -0.25) is 4.79 Å². The van der Waals surface area contributed by atoms with E-state index in [2.05, 4.69) is 64.9 Å². The van der Waals surface area contributed by atoms with Gasteiger partial charge in [-0.05, 0) is 47.4 Å². The smallest absolute Gasteiger partial charge is 0.234 e. The van der Waals surface area contributed by atoms with E-state index in [4.69, 9.17) is 22.3 Å². The number of thioether (sulfide) groups is 2. The molecule has 2 aromatic heterocycles. The van der Waals surface area contributed by atoms with Gasteiger partial charge in [0.25, 0.3) is 0 Å². The van der Waals surface area contributed by atoms with Crippen LogP contribution < -0.4 is 11.1 Å². The van der Waals surface area contributed by atoms with Gasteiger partial charge in [-0.2, -0.15) is 0 Å². The summed E-state index contributed by atoms with van der Waals surface area (Å²) >= 11 is 10.9. The van der Waals surface area contributed by atoms with Crippen LogP contribution in [0.1, 0.15) is 32.1 Å². The monoisotopic (exact) mass is 574 g/mol. The van der Waals surface area contributed by atoms with Crippen molar-refractivity contribution in [3.8, 4) is 0 Å². The number of halogens is 1.